The highest BCUT2D eigenvalue weighted by Gasteiger charge is 2.13. The highest BCUT2D eigenvalue weighted by Crippen LogP contribution is 2.18. The molecule has 0 saturated carbocycles. The van der Waals surface area contributed by atoms with Crippen LogP contribution in [0, 0.1) is 0 Å². The largest absolute Gasteiger partial charge is 0.369 e. The van der Waals surface area contributed by atoms with Gasteiger partial charge in [0, 0.05) is 50.8 Å². The van der Waals surface area contributed by atoms with E-state index < -0.39 is 0 Å². The van der Waals surface area contributed by atoms with Gasteiger partial charge in [0.2, 0.25) is 0 Å². The van der Waals surface area contributed by atoms with Gasteiger partial charge in [0.05, 0.1) is 0 Å². The number of allylic oxidation sites excluding steroid dienone is 2. The molecular formula is C23H31N3. The minimum atomic E-state index is 1.12. The van der Waals surface area contributed by atoms with Crippen molar-refractivity contribution in [2.75, 3.05) is 38.1 Å². The highest BCUT2D eigenvalue weighted by atomic mass is 15.2. The lowest BCUT2D eigenvalue weighted by Crippen LogP contribution is -2.44. The molecule has 26 heavy (non-hydrogen) atoms. The topological polar surface area (TPSA) is 11.4 Å². The van der Waals surface area contributed by atoms with Gasteiger partial charge in [-0.3, -0.25) is 0 Å². The Morgan fingerprint density at radius 1 is 0.846 bits per heavy atom. The number of aryl methyl sites for hydroxylation is 1. The molecule has 3 rings (SSSR count). The number of rotatable bonds is 7. The molecule has 1 saturated heterocycles. The molecule has 1 aliphatic heterocycles. The zero-order valence-corrected chi connectivity index (χ0v) is 16.1. The quantitative estimate of drug-likeness (QED) is 0.673. The summed E-state index contributed by atoms with van der Waals surface area (Å²) in [5.74, 6) is 0. The Labute approximate surface area is 158 Å². The summed E-state index contributed by atoms with van der Waals surface area (Å²) in [6, 6.07) is 13.2. The van der Waals surface area contributed by atoms with E-state index in [1.807, 2.05) is 0 Å². The Hall–Kier alpha value is -2.26. The molecule has 1 aromatic heterocycles. The van der Waals surface area contributed by atoms with Crippen molar-refractivity contribution in [2.45, 2.75) is 19.3 Å². The molecule has 0 aliphatic carbocycles. The Balaban J connectivity index is 1.38. The number of piperazine rings is 1. The fourth-order valence-electron chi connectivity index (χ4n) is 3.29. The number of hydrogen-bond acceptors (Lipinski definition) is 2. The number of anilines is 1. The van der Waals surface area contributed by atoms with E-state index in [0.717, 1.165) is 39.0 Å². The molecule has 0 N–H and O–H groups in total. The van der Waals surface area contributed by atoms with Crippen LogP contribution in [0.3, 0.4) is 0 Å². The van der Waals surface area contributed by atoms with Crippen LogP contribution in [0.2, 0.25) is 0 Å². The van der Waals surface area contributed by atoms with Crippen molar-refractivity contribution in [3.63, 3.8) is 0 Å². The first-order valence-electron chi connectivity index (χ1n) is 9.70. The van der Waals surface area contributed by atoms with Gasteiger partial charge in [0.25, 0.3) is 0 Å². The number of likely N-dealkylation sites (N-methyl/N-ethyl adjacent to an activating group) is 1. The summed E-state index contributed by atoms with van der Waals surface area (Å²) in [6.07, 6.45) is 14.5. The Morgan fingerprint density at radius 3 is 2.19 bits per heavy atom. The smallest absolute Gasteiger partial charge is 0.0400 e. The first-order chi connectivity index (χ1) is 12.7. The van der Waals surface area contributed by atoms with Crippen LogP contribution in [0.1, 0.15) is 30.5 Å². The van der Waals surface area contributed by atoms with Crippen molar-refractivity contribution in [2.24, 2.45) is 7.05 Å². The summed E-state index contributed by atoms with van der Waals surface area (Å²) < 4.78 is 2.14. The van der Waals surface area contributed by atoms with Gasteiger partial charge in [-0.15, -0.1) is 0 Å². The van der Waals surface area contributed by atoms with Crippen molar-refractivity contribution in [1.82, 2.24) is 9.47 Å². The van der Waals surface area contributed by atoms with Crippen LogP contribution in [0.15, 0.2) is 54.7 Å². The van der Waals surface area contributed by atoms with E-state index in [2.05, 4.69) is 95.4 Å². The van der Waals surface area contributed by atoms with Gasteiger partial charge in [-0.1, -0.05) is 30.4 Å². The molecule has 1 fully saturated rings. The van der Waals surface area contributed by atoms with E-state index in [1.165, 1.54) is 23.4 Å². The van der Waals surface area contributed by atoms with E-state index in [-0.39, 0.29) is 0 Å². The number of unbranched alkanes of at least 4 members (excludes halogenated alkanes) is 2. The second-order valence-electron chi connectivity index (χ2n) is 7.16. The summed E-state index contributed by atoms with van der Waals surface area (Å²) in [6.45, 7) is 4.56. The minimum Gasteiger partial charge on any atom is -0.369 e. The van der Waals surface area contributed by atoms with Gasteiger partial charge in [-0.25, -0.2) is 0 Å². The number of hydrogen-bond donors (Lipinski definition) is 0. The van der Waals surface area contributed by atoms with E-state index in [4.69, 9.17) is 0 Å². The molecule has 3 heteroatoms. The molecule has 0 atom stereocenters. The lowest BCUT2D eigenvalue weighted by molar-refractivity contribution is 0.313. The van der Waals surface area contributed by atoms with Gasteiger partial charge in [-0.05, 0) is 62.2 Å². The normalized spacial score (nSPS) is 16.2. The van der Waals surface area contributed by atoms with Crippen LogP contribution in [-0.4, -0.2) is 42.7 Å². The molecule has 0 spiro atoms. The molecule has 1 aromatic carbocycles. The number of aromatic nitrogens is 1. The predicted molar refractivity (Wildman–Crippen MR) is 113 cm³/mol. The monoisotopic (exact) mass is 349 g/mol. The zero-order valence-electron chi connectivity index (χ0n) is 16.1. The first-order valence-corrected chi connectivity index (χ1v) is 9.70. The molecule has 138 valence electrons. The van der Waals surface area contributed by atoms with Gasteiger partial charge in [-0.2, -0.15) is 0 Å². The third-order valence-corrected chi connectivity index (χ3v) is 5.09. The van der Waals surface area contributed by atoms with Crippen molar-refractivity contribution >= 4 is 17.8 Å². The second kappa shape index (κ2) is 9.44. The summed E-state index contributed by atoms with van der Waals surface area (Å²) in [5.41, 5.74) is 3.91. The molecule has 3 nitrogen and oxygen atoms in total. The number of benzene rings is 1. The first kappa shape index (κ1) is 18.5. The van der Waals surface area contributed by atoms with Crippen LogP contribution in [0.4, 0.5) is 5.69 Å². The van der Waals surface area contributed by atoms with Crippen molar-refractivity contribution in [1.29, 1.82) is 0 Å². The standard InChI is InChI=1S/C23H31N3/c1-24-17-19-26(20-18-24)23-14-12-21(13-15-23)9-6-4-3-5-7-10-22-11-8-16-25(22)2/h6-16H,3-5,17-20H2,1-2H3/b9-6+,10-7+. The molecule has 0 amide bonds. The van der Waals surface area contributed by atoms with Crippen LogP contribution >= 0.6 is 0 Å². The van der Waals surface area contributed by atoms with Gasteiger partial charge < -0.3 is 14.4 Å². The molecule has 0 radical (unpaired) electrons. The summed E-state index contributed by atoms with van der Waals surface area (Å²) in [7, 11) is 4.28. The Kier molecular flexibility index (Phi) is 6.73. The molecule has 1 aliphatic rings. The lowest BCUT2D eigenvalue weighted by atomic mass is 10.1. The van der Waals surface area contributed by atoms with E-state index in [9.17, 15) is 0 Å². The van der Waals surface area contributed by atoms with Gasteiger partial charge in [0.1, 0.15) is 0 Å². The number of nitrogens with zero attached hydrogens (tertiary/aromatic N) is 3. The maximum absolute atomic E-state index is 2.48. The molecule has 2 aromatic rings. The molecule has 2 heterocycles. The van der Waals surface area contributed by atoms with Crippen LogP contribution < -0.4 is 4.90 Å². The van der Waals surface area contributed by atoms with E-state index in [0.29, 0.717) is 0 Å². The Morgan fingerprint density at radius 2 is 1.54 bits per heavy atom. The van der Waals surface area contributed by atoms with Crippen LogP contribution in [0.5, 0.6) is 0 Å². The SMILES string of the molecule is CN1CCN(c2ccc(/C=C/CCC/C=C/c3cccn3C)cc2)CC1. The van der Waals surface area contributed by atoms with Crippen molar-refractivity contribution < 1.29 is 0 Å². The fraction of sp³-hybridized carbons (Fsp3) is 0.391. The molecular weight excluding hydrogens is 318 g/mol. The summed E-state index contributed by atoms with van der Waals surface area (Å²) >= 11 is 0. The van der Waals surface area contributed by atoms with Gasteiger partial charge >= 0.3 is 0 Å². The zero-order chi connectivity index (χ0) is 18.2. The van der Waals surface area contributed by atoms with E-state index >= 15 is 0 Å². The van der Waals surface area contributed by atoms with E-state index in [1.54, 1.807) is 0 Å². The highest BCUT2D eigenvalue weighted by molar-refractivity contribution is 5.56. The Bertz CT molecular complexity index is 716. The second-order valence-corrected chi connectivity index (χ2v) is 7.16. The predicted octanol–water partition coefficient (Wildman–Crippen LogP) is 4.67. The fourth-order valence-corrected chi connectivity index (χ4v) is 3.29. The van der Waals surface area contributed by atoms with Crippen molar-refractivity contribution in [3.8, 4) is 0 Å². The maximum Gasteiger partial charge on any atom is 0.0400 e. The average molecular weight is 350 g/mol. The minimum absolute atomic E-state index is 1.12. The lowest BCUT2D eigenvalue weighted by Gasteiger charge is -2.34. The summed E-state index contributed by atoms with van der Waals surface area (Å²) in [4.78, 5) is 4.87. The van der Waals surface area contributed by atoms with Gasteiger partial charge in [0.15, 0.2) is 0 Å². The van der Waals surface area contributed by atoms with Crippen molar-refractivity contribution in [3.05, 3.63) is 66.0 Å². The third-order valence-electron chi connectivity index (χ3n) is 5.09. The van der Waals surface area contributed by atoms with Crippen LogP contribution in [0.25, 0.3) is 12.2 Å². The maximum atomic E-state index is 2.48. The third kappa shape index (κ3) is 5.37. The summed E-state index contributed by atoms with van der Waals surface area (Å²) in [5, 5.41) is 0. The van der Waals surface area contributed by atoms with Crippen LogP contribution in [-0.2, 0) is 7.05 Å². The molecule has 0 unspecified atom stereocenters. The average Bonchev–Trinajstić information content (AvgIpc) is 3.07. The molecule has 0 bridgehead atoms.